The molecule has 0 bridgehead atoms. The van der Waals surface area contributed by atoms with Crippen LogP contribution in [-0.2, 0) is 4.79 Å². The Morgan fingerprint density at radius 2 is 2.12 bits per heavy atom. The molecule has 2 fully saturated rings. The molecule has 17 heavy (non-hydrogen) atoms. The number of rotatable bonds is 3. The Morgan fingerprint density at radius 3 is 2.71 bits per heavy atom. The number of nitrogens with zero attached hydrogens (tertiary/aromatic N) is 2. The molecule has 2 aliphatic heterocycles. The summed E-state index contributed by atoms with van der Waals surface area (Å²) in [5.41, 5.74) is 0. The van der Waals surface area contributed by atoms with E-state index < -0.39 is 5.92 Å². The quantitative estimate of drug-likeness (QED) is 0.755. The van der Waals surface area contributed by atoms with Crippen LogP contribution in [0.5, 0.6) is 0 Å². The van der Waals surface area contributed by atoms with E-state index in [0.717, 1.165) is 13.1 Å². The lowest BCUT2D eigenvalue weighted by molar-refractivity contribution is -0.166. The van der Waals surface area contributed by atoms with Crippen LogP contribution in [-0.4, -0.2) is 54.4 Å². The number of piperidine rings is 1. The van der Waals surface area contributed by atoms with Crippen LogP contribution in [0, 0.1) is 5.92 Å². The van der Waals surface area contributed by atoms with Gasteiger partial charge < -0.3 is 9.80 Å². The van der Waals surface area contributed by atoms with Crippen LogP contribution in [0.25, 0.3) is 0 Å². The zero-order chi connectivity index (χ0) is 12.5. The maximum atomic E-state index is 12.6. The van der Waals surface area contributed by atoms with Gasteiger partial charge in [-0.05, 0) is 25.3 Å². The van der Waals surface area contributed by atoms with E-state index >= 15 is 0 Å². The summed E-state index contributed by atoms with van der Waals surface area (Å²) >= 11 is 0. The van der Waals surface area contributed by atoms with E-state index in [1.807, 2.05) is 0 Å². The molecule has 0 aromatic rings. The maximum Gasteiger partial charge on any atom is 0.282 e. The monoisotopic (exact) mass is 246 g/mol. The van der Waals surface area contributed by atoms with Crippen molar-refractivity contribution in [2.75, 3.05) is 32.7 Å². The van der Waals surface area contributed by atoms with Gasteiger partial charge in [-0.2, -0.15) is 0 Å². The highest BCUT2D eigenvalue weighted by atomic mass is 19.3. The van der Waals surface area contributed by atoms with E-state index in [9.17, 15) is 13.6 Å². The summed E-state index contributed by atoms with van der Waals surface area (Å²) in [5, 5.41) is 0. The predicted octanol–water partition coefficient (Wildman–Crippen LogP) is 1.59. The van der Waals surface area contributed by atoms with Crippen molar-refractivity contribution in [3.05, 3.63) is 0 Å². The lowest BCUT2D eigenvalue weighted by Crippen LogP contribution is -2.58. The number of carbonyl (C=O) groups excluding carboxylic acids is 1. The summed E-state index contributed by atoms with van der Waals surface area (Å²) in [5.74, 6) is -2.09. The van der Waals surface area contributed by atoms with Crippen molar-refractivity contribution >= 4 is 5.91 Å². The number of carbonyl (C=O) groups is 1. The minimum atomic E-state index is -2.64. The normalized spacial score (nSPS) is 28.9. The lowest BCUT2D eigenvalue weighted by Gasteiger charge is -2.39. The molecule has 1 amide bonds. The third kappa shape index (κ3) is 3.37. The van der Waals surface area contributed by atoms with Gasteiger partial charge in [0.25, 0.3) is 5.92 Å². The number of amides is 1. The Morgan fingerprint density at radius 1 is 1.41 bits per heavy atom. The molecule has 1 atom stereocenters. The summed E-state index contributed by atoms with van der Waals surface area (Å²) in [4.78, 5) is 15.1. The van der Waals surface area contributed by atoms with Gasteiger partial charge in [-0.15, -0.1) is 0 Å². The van der Waals surface area contributed by atoms with E-state index in [4.69, 9.17) is 0 Å². The molecule has 5 heteroatoms. The first-order valence-electron chi connectivity index (χ1n) is 6.34. The third-order valence-corrected chi connectivity index (χ3v) is 3.58. The fraction of sp³-hybridized carbons (Fsp3) is 0.917. The van der Waals surface area contributed by atoms with Crippen LogP contribution < -0.4 is 0 Å². The van der Waals surface area contributed by atoms with Gasteiger partial charge in [0.05, 0.1) is 13.1 Å². The smallest absolute Gasteiger partial charge is 0.282 e. The second-order valence-corrected chi connectivity index (χ2v) is 5.40. The number of halogens is 2. The average molecular weight is 246 g/mol. The Bertz CT molecular complexity index is 288. The molecule has 2 heterocycles. The Hall–Kier alpha value is -0.710. The first-order chi connectivity index (χ1) is 7.96. The van der Waals surface area contributed by atoms with Gasteiger partial charge in [-0.25, -0.2) is 8.78 Å². The van der Waals surface area contributed by atoms with E-state index in [1.165, 1.54) is 17.7 Å². The van der Waals surface area contributed by atoms with Crippen LogP contribution >= 0.6 is 0 Å². The lowest BCUT2D eigenvalue weighted by atomic mass is 10.00. The SMILES string of the molecule is C[C@H]1CCCN(CCC(=O)N2CC(F)(F)C2)C1. The van der Waals surface area contributed by atoms with E-state index in [0.29, 0.717) is 18.9 Å². The van der Waals surface area contributed by atoms with Crippen LogP contribution in [0.3, 0.4) is 0 Å². The minimum absolute atomic E-state index is 0.130. The molecule has 2 saturated heterocycles. The van der Waals surface area contributed by atoms with E-state index in [-0.39, 0.29) is 19.0 Å². The first-order valence-corrected chi connectivity index (χ1v) is 6.34. The summed E-state index contributed by atoms with van der Waals surface area (Å²) in [6.45, 7) is 4.22. The van der Waals surface area contributed by atoms with Crippen LogP contribution in [0.2, 0.25) is 0 Å². The zero-order valence-electron chi connectivity index (χ0n) is 10.3. The van der Waals surface area contributed by atoms with E-state index in [2.05, 4.69) is 11.8 Å². The third-order valence-electron chi connectivity index (χ3n) is 3.58. The predicted molar refractivity (Wildman–Crippen MR) is 61.0 cm³/mol. The molecule has 0 aliphatic carbocycles. The fourth-order valence-electron chi connectivity index (χ4n) is 2.59. The molecule has 0 N–H and O–H groups in total. The van der Waals surface area contributed by atoms with Crippen molar-refractivity contribution < 1.29 is 13.6 Å². The highest BCUT2D eigenvalue weighted by Crippen LogP contribution is 2.27. The number of hydrogen-bond acceptors (Lipinski definition) is 2. The van der Waals surface area contributed by atoms with Crippen molar-refractivity contribution in [2.45, 2.75) is 32.1 Å². The second kappa shape index (κ2) is 4.88. The molecule has 2 rings (SSSR count). The van der Waals surface area contributed by atoms with Gasteiger partial charge in [-0.1, -0.05) is 6.92 Å². The number of likely N-dealkylation sites (tertiary alicyclic amines) is 2. The van der Waals surface area contributed by atoms with Gasteiger partial charge in [-0.3, -0.25) is 4.79 Å². The van der Waals surface area contributed by atoms with Crippen LogP contribution in [0.15, 0.2) is 0 Å². The van der Waals surface area contributed by atoms with Crippen molar-refractivity contribution in [2.24, 2.45) is 5.92 Å². The first kappa shape index (κ1) is 12.7. The summed E-state index contributed by atoms with van der Waals surface area (Å²) < 4.78 is 25.2. The molecule has 0 aromatic carbocycles. The van der Waals surface area contributed by atoms with Gasteiger partial charge in [0.15, 0.2) is 0 Å². The fourth-order valence-corrected chi connectivity index (χ4v) is 2.59. The Labute approximate surface area is 101 Å². The van der Waals surface area contributed by atoms with Gasteiger partial charge >= 0.3 is 0 Å². The molecule has 0 unspecified atom stereocenters. The van der Waals surface area contributed by atoms with Crippen molar-refractivity contribution in [3.8, 4) is 0 Å². The van der Waals surface area contributed by atoms with Crippen LogP contribution in [0.1, 0.15) is 26.2 Å². The molecule has 0 aromatic heterocycles. The highest BCUT2D eigenvalue weighted by Gasteiger charge is 2.45. The highest BCUT2D eigenvalue weighted by molar-refractivity contribution is 5.77. The van der Waals surface area contributed by atoms with Crippen LogP contribution in [0.4, 0.5) is 8.78 Å². The average Bonchev–Trinajstić information content (AvgIpc) is 2.22. The van der Waals surface area contributed by atoms with Crippen molar-refractivity contribution in [1.29, 1.82) is 0 Å². The number of alkyl halides is 2. The Balaban J connectivity index is 1.66. The molecular formula is C12H20F2N2O. The number of hydrogen-bond donors (Lipinski definition) is 0. The summed E-state index contributed by atoms with van der Waals surface area (Å²) in [6, 6.07) is 0. The molecule has 0 saturated carbocycles. The van der Waals surface area contributed by atoms with Crippen molar-refractivity contribution in [1.82, 2.24) is 9.80 Å². The largest absolute Gasteiger partial charge is 0.330 e. The minimum Gasteiger partial charge on any atom is -0.330 e. The molecule has 0 radical (unpaired) electrons. The molecular weight excluding hydrogens is 226 g/mol. The molecule has 98 valence electrons. The molecule has 3 nitrogen and oxygen atoms in total. The standard InChI is InChI=1S/C12H20F2N2O/c1-10-3-2-5-15(7-10)6-4-11(17)16-8-12(13,14)9-16/h10H,2-9H2,1H3/t10-/m0/s1. The summed E-state index contributed by atoms with van der Waals surface area (Å²) in [7, 11) is 0. The van der Waals surface area contributed by atoms with Gasteiger partial charge in [0.2, 0.25) is 5.91 Å². The topological polar surface area (TPSA) is 23.6 Å². The Kier molecular flexibility index (Phi) is 3.66. The summed E-state index contributed by atoms with van der Waals surface area (Å²) in [6.07, 6.45) is 2.81. The van der Waals surface area contributed by atoms with Gasteiger partial charge in [0.1, 0.15) is 0 Å². The maximum absolute atomic E-state index is 12.6. The second-order valence-electron chi connectivity index (χ2n) is 5.40. The van der Waals surface area contributed by atoms with Crippen molar-refractivity contribution in [3.63, 3.8) is 0 Å². The zero-order valence-corrected chi connectivity index (χ0v) is 10.3. The van der Waals surface area contributed by atoms with E-state index in [1.54, 1.807) is 0 Å². The molecule has 0 spiro atoms. The van der Waals surface area contributed by atoms with Gasteiger partial charge in [0, 0.05) is 19.5 Å². The molecule has 2 aliphatic rings.